The number of halogens is 2. The molecule has 0 aliphatic rings. The minimum absolute atomic E-state index is 0.196. The van der Waals surface area contributed by atoms with E-state index in [0.29, 0.717) is 15.7 Å². The van der Waals surface area contributed by atoms with Gasteiger partial charge < -0.3 is 9.88 Å². The van der Waals surface area contributed by atoms with Crippen molar-refractivity contribution < 1.29 is 4.79 Å². The Morgan fingerprint density at radius 1 is 1.33 bits per heavy atom. The summed E-state index contributed by atoms with van der Waals surface area (Å²) in [6, 6.07) is 5.07. The molecule has 1 amide bonds. The van der Waals surface area contributed by atoms with Crippen molar-refractivity contribution in [3.8, 4) is 0 Å². The molecule has 8 heteroatoms. The van der Waals surface area contributed by atoms with Gasteiger partial charge in [0.2, 0.25) is 5.91 Å². The summed E-state index contributed by atoms with van der Waals surface area (Å²) in [7, 11) is 0. The van der Waals surface area contributed by atoms with Crippen molar-refractivity contribution in [2.24, 2.45) is 0 Å². The fraction of sp³-hybridized carbons (Fsp3) is 0.308. The van der Waals surface area contributed by atoms with Crippen LogP contribution in [0.15, 0.2) is 23.4 Å². The molecule has 0 aliphatic heterocycles. The average molecular weight is 345 g/mol. The normalized spacial score (nSPS) is 10.7. The first kappa shape index (κ1) is 16.1. The third kappa shape index (κ3) is 3.90. The van der Waals surface area contributed by atoms with Gasteiger partial charge >= 0.3 is 0 Å². The molecule has 112 valence electrons. The van der Waals surface area contributed by atoms with Crippen LogP contribution in [0.1, 0.15) is 12.7 Å². The number of rotatable bonds is 5. The lowest BCUT2D eigenvalue weighted by Crippen LogP contribution is -2.15. The van der Waals surface area contributed by atoms with Gasteiger partial charge in [0.25, 0.3) is 0 Å². The van der Waals surface area contributed by atoms with Gasteiger partial charge in [-0.1, -0.05) is 41.0 Å². The summed E-state index contributed by atoms with van der Waals surface area (Å²) in [5, 5.41) is 12.3. The molecule has 0 spiro atoms. The molecule has 1 heterocycles. The highest BCUT2D eigenvalue weighted by atomic mass is 35.5. The Morgan fingerprint density at radius 2 is 2.00 bits per heavy atom. The lowest BCUT2D eigenvalue weighted by Gasteiger charge is -2.09. The van der Waals surface area contributed by atoms with Crippen LogP contribution in [0.2, 0.25) is 10.0 Å². The second-order valence-corrected chi connectivity index (χ2v) is 5.96. The molecule has 2 aromatic rings. The molecule has 1 aromatic heterocycles. The minimum Gasteiger partial charge on any atom is -0.323 e. The van der Waals surface area contributed by atoms with Gasteiger partial charge in [0.05, 0.1) is 21.5 Å². The number of anilines is 1. The molecule has 0 radical (unpaired) electrons. The van der Waals surface area contributed by atoms with Gasteiger partial charge in [0.15, 0.2) is 5.16 Å². The number of amides is 1. The maximum Gasteiger partial charge on any atom is 0.234 e. The van der Waals surface area contributed by atoms with Gasteiger partial charge in [-0.3, -0.25) is 4.79 Å². The number of thioether (sulfide) groups is 1. The van der Waals surface area contributed by atoms with E-state index in [0.717, 1.165) is 17.5 Å². The number of nitrogens with zero attached hydrogens (tertiary/aromatic N) is 3. The Hall–Kier alpha value is -1.24. The van der Waals surface area contributed by atoms with Gasteiger partial charge in [-0.25, -0.2) is 0 Å². The summed E-state index contributed by atoms with van der Waals surface area (Å²) in [5.74, 6) is 0.840. The van der Waals surface area contributed by atoms with Crippen LogP contribution in [0.25, 0.3) is 0 Å². The average Bonchev–Trinajstić information content (AvgIpc) is 2.81. The Balaban J connectivity index is 1.99. The zero-order valence-electron chi connectivity index (χ0n) is 11.6. The van der Waals surface area contributed by atoms with Crippen LogP contribution in [0.4, 0.5) is 5.69 Å². The van der Waals surface area contributed by atoms with Crippen LogP contribution in [0.3, 0.4) is 0 Å². The molecule has 0 atom stereocenters. The molecular formula is C13H14Cl2N4OS. The predicted molar refractivity (Wildman–Crippen MR) is 86.2 cm³/mol. The van der Waals surface area contributed by atoms with Crippen molar-refractivity contribution in [2.75, 3.05) is 11.1 Å². The van der Waals surface area contributed by atoms with Crippen LogP contribution < -0.4 is 5.32 Å². The molecular weight excluding hydrogens is 331 g/mol. The van der Waals surface area contributed by atoms with E-state index in [1.807, 2.05) is 18.4 Å². The Labute approximate surface area is 137 Å². The molecule has 5 nitrogen and oxygen atoms in total. The summed E-state index contributed by atoms with van der Waals surface area (Å²) in [6.45, 7) is 4.65. The Morgan fingerprint density at radius 3 is 2.62 bits per heavy atom. The summed E-state index contributed by atoms with van der Waals surface area (Å²) >= 11 is 13.3. The monoisotopic (exact) mass is 344 g/mol. The molecule has 0 aliphatic carbocycles. The first-order chi connectivity index (χ1) is 10.0. The van der Waals surface area contributed by atoms with Crippen molar-refractivity contribution in [2.45, 2.75) is 25.5 Å². The maximum absolute atomic E-state index is 12.0. The van der Waals surface area contributed by atoms with Crippen LogP contribution in [0, 0.1) is 6.92 Å². The fourth-order valence-electron chi connectivity index (χ4n) is 1.76. The number of para-hydroxylation sites is 1. The molecule has 0 saturated carbocycles. The van der Waals surface area contributed by atoms with Crippen LogP contribution >= 0.6 is 35.0 Å². The van der Waals surface area contributed by atoms with E-state index in [1.54, 1.807) is 18.2 Å². The Kier molecular flexibility index (Phi) is 5.50. The second-order valence-electron chi connectivity index (χ2n) is 4.21. The van der Waals surface area contributed by atoms with Crippen molar-refractivity contribution >= 4 is 46.6 Å². The van der Waals surface area contributed by atoms with E-state index in [9.17, 15) is 4.79 Å². The summed E-state index contributed by atoms with van der Waals surface area (Å²) in [6.07, 6.45) is 0. The molecule has 0 unspecified atom stereocenters. The number of carbonyl (C=O) groups is 1. The number of hydrogen-bond acceptors (Lipinski definition) is 4. The molecule has 0 saturated heterocycles. The highest BCUT2D eigenvalue weighted by Gasteiger charge is 2.13. The van der Waals surface area contributed by atoms with Gasteiger partial charge in [0, 0.05) is 6.54 Å². The number of hydrogen-bond donors (Lipinski definition) is 1. The van der Waals surface area contributed by atoms with E-state index in [-0.39, 0.29) is 11.7 Å². The topological polar surface area (TPSA) is 59.8 Å². The van der Waals surface area contributed by atoms with E-state index in [4.69, 9.17) is 23.2 Å². The smallest absolute Gasteiger partial charge is 0.234 e. The van der Waals surface area contributed by atoms with E-state index in [1.165, 1.54) is 11.8 Å². The van der Waals surface area contributed by atoms with Gasteiger partial charge in [-0.2, -0.15) is 0 Å². The first-order valence-corrected chi connectivity index (χ1v) is 8.03. The summed E-state index contributed by atoms with van der Waals surface area (Å²) in [4.78, 5) is 12.0. The number of aryl methyl sites for hydroxylation is 1. The van der Waals surface area contributed by atoms with E-state index >= 15 is 0 Å². The van der Waals surface area contributed by atoms with Gasteiger partial charge in [-0.05, 0) is 26.0 Å². The van der Waals surface area contributed by atoms with E-state index in [2.05, 4.69) is 15.5 Å². The van der Waals surface area contributed by atoms with Crippen molar-refractivity contribution in [1.82, 2.24) is 14.8 Å². The number of benzene rings is 1. The highest BCUT2D eigenvalue weighted by Crippen LogP contribution is 2.30. The molecule has 0 fully saturated rings. The summed E-state index contributed by atoms with van der Waals surface area (Å²) < 4.78 is 1.94. The van der Waals surface area contributed by atoms with Crippen LogP contribution in [0.5, 0.6) is 0 Å². The zero-order chi connectivity index (χ0) is 15.4. The van der Waals surface area contributed by atoms with Gasteiger partial charge in [0.1, 0.15) is 5.82 Å². The lowest BCUT2D eigenvalue weighted by atomic mass is 10.3. The number of carbonyl (C=O) groups excluding carboxylic acids is 1. The second kappa shape index (κ2) is 7.15. The molecule has 1 N–H and O–H groups in total. The van der Waals surface area contributed by atoms with Crippen molar-refractivity contribution in [1.29, 1.82) is 0 Å². The SMILES string of the molecule is CCn1c(C)nnc1SCC(=O)Nc1c(Cl)cccc1Cl. The van der Waals surface area contributed by atoms with Crippen molar-refractivity contribution in [3.63, 3.8) is 0 Å². The molecule has 2 rings (SSSR count). The predicted octanol–water partition coefficient (Wildman–Crippen LogP) is 3.64. The van der Waals surface area contributed by atoms with Gasteiger partial charge in [-0.15, -0.1) is 10.2 Å². The quantitative estimate of drug-likeness (QED) is 0.841. The third-order valence-electron chi connectivity index (χ3n) is 2.78. The van der Waals surface area contributed by atoms with Crippen molar-refractivity contribution in [3.05, 3.63) is 34.1 Å². The third-order valence-corrected chi connectivity index (χ3v) is 4.37. The summed E-state index contributed by atoms with van der Waals surface area (Å²) in [5.41, 5.74) is 0.430. The van der Waals surface area contributed by atoms with Crippen LogP contribution in [-0.4, -0.2) is 26.4 Å². The zero-order valence-corrected chi connectivity index (χ0v) is 13.9. The molecule has 1 aromatic carbocycles. The van der Waals surface area contributed by atoms with E-state index < -0.39 is 0 Å². The highest BCUT2D eigenvalue weighted by molar-refractivity contribution is 7.99. The minimum atomic E-state index is -0.196. The molecule has 0 bridgehead atoms. The standard InChI is InChI=1S/C13H14Cl2N4OS/c1-3-19-8(2)17-18-13(19)21-7-11(20)16-12-9(14)5-4-6-10(12)15/h4-6H,3,7H2,1-2H3,(H,16,20). The maximum atomic E-state index is 12.0. The first-order valence-electron chi connectivity index (χ1n) is 6.29. The lowest BCUT2D eigenvalue weighted by molar-refractivity contribution is -0.113. The molecule has 21 heavy (non-hydrogen) atoms. The van der Waals surface area contributed by atoms with Crippen LogP contribution in [-0.2, 0) is 11.3 Å². The number of nitrogens with one attached hydrogen (secondary N) is 1. The fourth-order valence-corrected chi connectivity index (χ4v) is 3.10. The number of aromatic nitrogens is 3. The largest absolute Gasteiger partial charge is 0.323 e. The Bertz CT molecular complexity index is 639.